The molecule has 1 amide bonds. The molecule has 0 aromatic rings. The molecule has 1 saturated heterocycles. The minimum Gasteiger partial charge on any atom is -0.354 e. The highest BCUT2D eigenvalue weighted by Gasteiger charge is 2.23. The van der Waals surface area contributed by atoms with Gasteiger partial charge in [-0.1, -0.05) is 20.8 Å². The van der Waals surface area contributed by atoms with Crippen molar-refractivity contribution in [3.63, 3.8) is 0 Å². The zero-order valence-corrected chi connectivity index (χ0v) is 10.6. The Hall–Kier alpha value is 0.0700. The van der Waals surface area contributed by atoms with E-state index in [1.54, 1.807) is 11.8 Å². The Kier molecular flexibility index (Phi) is 5.86. The number of amides is 1. The fraction of sp³-hybridized carbons (Fsp3) is 0.889. The van der Waals surface area contributed by atoms with Crippen LogP contribution in [0.1, 0.15) is 20.8 Å². The van der Waals surface area contributed by atoms with Crippen molar-refractivity contribution in [2.75, 3.05) is 18.2 Å². The van der Waals surface area contributed by atoms with Gasteiger partial charge in [0, 0.05) is 18.2 Å². The van der Waals surface area contributed by atoms with E-state index in [9.17, 15) is 4.79 Å². The third-order valence-electron chi connectivity index (χ3n) is 1.83. The van der Waals surface area contributed by atoms with Crippen molar-refractivity contribution < 1.29 is 4.79 Å². The Balaban J connectivity index is 0.00000169. The molecule has 1 atom stereocenters. The van der Waals surface area contributed by atoms with E-state index < -0.39 is 0 Å². The summed E-state index contributed by atoms with van der Waals surface area (Å²) < 4.78 is 0. The van der Waals surface area contributed by atoms with E-state index >= 15 is 0 Å². The molecular formula is C9H19ClN2OS. The summed E-state index contributed by atoms with van der Waals surface area (Å²) in [6.07, 6.45) is 0. The van der Waals surface area contributed by atoms with E-state index in [4.69, 9.17) is 0 Å². The summed E-state index contributed by atoms with van der Waals surface area (Å²) in [5, 5.41) is 6.09. The van der Waals surface area contributed by atoms with Crippen LogP contribution in [0.4, 0.5) is 0 Å². The summed E-state index contributed by atoms with van der Waals surface area (Å²) in [6, 6.07) is 0.0207. The van der Waals surface area contributed by atoms with Crippen LogP contribution in [0.3, 0.4) is 0 Å². The summed E-state index contributed by atoms with van der Waals surface area (Å²) in [5.41, 5.74) is 0.168. The standard InChI is InChI=1S/C9H18N2OS.ClH/c1-9(2,3)5-10-8(12)7-4-13-6-11-7;/h7,11H,4-6H2,1-3H3,(H,10,12);1H/t7-;/m1./s1. The number of halogens is 1. The molecule has 14 heavy (non-hydrogen) atoms. The Morgan fingerprint density at radius 1 is 1.57 bits per heavy atom. The smallest absolute Gasteiger partial charge is 0.238 e. The maximum Gasteiger partial charge on any atom is 0.238 e. The van der Waals surface area contributed by atoms with Crippen LogP contribution in [0, 0.1) is 5.41 Å². The van der Waals surface area contributed by atoms with E-state index in [1.165, 1.54) is 0 Å². The maximum atomic E-state index is 11.5. The summed E-state index contributed by atoms with van der Waals surface area (Å²) in [4.78, 5) is 11.5. The number of carbonyl (C=O) groups is 1. The van der Waals surface area contributed by atoms with Crippen LogP contribution < -0.4 is 10.6 Å². The molecule has 0 bridgehead atoms. The van der Waals surface area contributed by atoms with Gasteiger partial charge in [0.1, 0.15) is 0 Å². The molecule has 0 unspecified atom stereocenters. The van der Waals surface area contributed by atoms with E-state index in [-0.39, 0.29) is 29.8 Å². The first-order chi connectivity index (χ1) is 5.99. The van der Waals surface area contributed by atoms with Crippen LogP contribution in [-0.2, 0) is 4.79 Å². The van der Waals surface area contributed by atoms with Gasteiger partial charge in [-0.15, -0.1) is 24.2 Å². The molecule has 0 saturated carbocycles. The van der Waals surface area contributed by atoms with Gasteiger partial charge in [-0.05, 0) is 5.41 Å². The largest absolute Gasteiger partial charge is 0.354 e. The van der Waals surface area contributed by atoms with E-state index in [2.05, 4.69) is 31.4 Å². The van der Waals surface area contributed by atoms with Crippen LogP contribution in [0.5, 0.6) is 0 Å². The van der Waals surface area contributed by atoms with E-state index in [0.29, 0.717) is 0 Å². The summed E-state index contributed by atoms with van der Waals surface area (Å²) in [7, 11) is 0. The second kappa shape index (κ2) is 5.83. The predicted octanol–water partition coefficient (Wildman–Crippen LogP) is 1.23. The molecular weight excluding hydrogens is 220 g/mol. The van der Waals surface area contributed by atoms with Crippen LogP contribution >= 0.6 is 24.2 Å². The summed E-state index contributed by atoms with van der Waals surface area (Å²) in [5.74, 6) is 1.93. The molecule has 0 spiro atoms. The average molecular weight is 239 g/mol. The molecule has 1 aliphatic rings. The quantitative estimate of drug-likeness (QED) is 0.761. The van der Waals surface area contributed by atoms with Crippen molar-refractivity contribution in [1.29, 1.82) is 0 Å². The number of rotatable bonds is 2. The highest BCUT2D eigenvalue weighted by atomic mass is 35.5. The SMILES string of the molecule is CC(C)(C)CNC(=O)[C@H]1CSCN1.Cl. The molecule has 2 N–H and O–H groups in total. The van der Waals surface area contributed by atoms with Gasteiger partial charge in [0.05, 0.1) is 6.04 Å². The topological polar surface area (TPSA) is 41.1 Å². The van der Waals surface area contributed by atoms with Crippen molar-refractivity contribution in [2.24, 2.45) is 5.41 Å². The van der Waals surface area contributed by atoms with Crippen LogP contribution in [0.2, 0.25) is 0 Å². The van der Waals surface area contributed by atoms with Crippen molar-refractivity contribution in [3.8, 4) is 0 Å². The van der Waals surface area contributed by atoms with Crippen molar-refractivity contribution in [2.45, 2.75) is 26.8 Å². The highest BCUT2D eigenvalue weighted by Crippen LogP contribution is 2.12. The lowest BCUT2D eigenvalue weighted by Crippen LogP contribution is -2.44. The van der Waals surface area contributed by atoms with Gasteiger partial charge < -0.3 is 5.32 Å². The van der Waals surface area contributed by atoms with Gasteiger partial charge in [-0.25, -0.2) is 0 Å². The number of nitrogens with one attached hydrogen (secondary N) is 2. The third kappa shape index (κ3) is 5.08. The lowest BCUT2D eigenvalue weighted by Gasteiger charge is -2.20. The van der Waals surface area contributed by atoms with Crippen LogP contribution in [-0.4, -0.2) is 30.1 Å². The molecule has 3 nitrogen and oxygen atoms in total. The van der Waals surface area contributed by atoms with Gasteiger partial charge in [-0.2, -0.15) is 0 Å². The summed E-state index contributed by atoms with van der Waals surface area (Å²) in [6.45, 7) is 7.09. The Morgan fingerprint density at radius 3 is 2.64 bits per heavy atom. The first-order valence-corrected chi connectivity index (χ1v) is 5.73. The number of thioether (sulfide) groups is 1. The first-order valence-electron chi connectivity index (χ1n) is 4.58. The van der Waals surface area contributed by atoms with Crippen molar-refractivity contribution in [3.05, 3.63) is 0 Å². The second-order valence-corrected chi connectivity index (χ2v) is 5.58. The molecule has 1 fully saturated rings. The first kappa shape index (κ1) is 14.1. The molecule has 1 aliphatic heterocycles. The fourth-order valence-corrected chi connectivity index (χ4v) is 1.98. The zero-order valence-electron chi connectivity index (χ0n) is 8.92. The Morgan fingerprint density at radius 2 is 2.21 bits per heavy atom. The molecule has 0 aromatic carbocycles. The van der Waals surface area contributed by atoms with Crippen LogP contribution in [0.25, 0.3) is 0 Å². The van der Waals surface area contributed by atoms with Crippen LogP contribution in [0.15, 0.2) is 0 Å². The second-order valence-electron chi connectivity index (χ2n) is 4.55. The van der Waals surface area contributed by atoms with Crippen molar-refractivity contribution in [1.82, 2.24) is 10.6 Å². The number of hydrogen-bond acceptors (Lipinski definition) is 3. The minimum absolute atomic E-state index is 0. The highest BCUT2D eigenvalue weighted by molar-refractivity contribution is 7.99. The zero-order chi connectivity index (χ0) is 9.90. The molecule has 0 radical (unpaired) electrons. The van der Waals surface area contributed by atoms with Gasteiger partial charge in [0.15, 0.2) is 0 Å². The molecule has 1 heterocycles. The maximum absolute atomic E-state index is 11.5. The lowest BCUT2D eigenvalue weighted by atomic mass is 9.97. The normalized spacial score (nSPS) is 21.5. The van der Waals surface area contributed by atoms with Gasteiger partial charge in [0.2, 0.25) is 5.91 Å². The van der Waals surface area contributed by atoms with E-state index in [0.717, 1.165) is 18.2 Å². The average Bonchev–Trinajstić information content (AvgIpc) is 2.50. The van der Waals surface area contributed by atoms with Crippen molar-refractivity contribution >= 4 is 30.1 Å². The lowest BCUT2D eigenvalue weighted by molar-refractivity contribution is -0.122. The molecule has 1 rings (SSSR count). The molecule has 0 aliphatic carbocycles. The predicted molar refractivity (Wildman–Crippen MR) is 64.0 cm³/mol. The van der Waals surface area contributed by atoms with Gasteiger partial charge in [0.25, 0.3) is 0 Å². The fourth-order valence-electron chi connectivity index (χ4n) is 1.04. The van der Waals surface area contributed by atoms with Gasteiger partial charge >= 0.3 is 0 Å². The molecule has 0 aromatic heterocycles. The molecule has 84 valence electrons. The minimum atomic E-state index is 0. The molecule has 5 heteroatoms. The Labute approximate surface area is 96.2 Å². The summed E-state index contributed by atoms with van der Waals surface area (Å²) >= 11 is 1.77. The monoisotopic (exact) mass is 238 g/mol. The van der Waals surface area contributed by atoms with E-state index in [1.807, 2.05) is 0 Å². The third-order valence-corrected chi connectivity index (χ3v) is 2.77. The Bertz CT molecular complexity index is 188. The van der Waals surface area contributed by atoms with Gasteiger partial charge in [-0.3, -0.25) is 10.1 Å². The number of hydrogen-bond donors (Lipinski definition) is 2. The number of carbonyl (C=O) groups excluding carboxylic acids is 1.